The van der Waals surface area contributed by atoms with Gasteiger partial charge in [0.1, 0.15) is 5.75 Å². The van der Waals surface area contributed by atoms with Gasteiger partial charge in [-0.2, -0.15) is 0 Å². The summed E-state index contributed by atoms with van der Waals surface area (Å²) in [6, 6.07) is 7.23. The quantitative estimate of drug-likeness (QED) is 0.511. The standard InChI is InChI=1S/C16H25NO3S/c1-3-5-7-8-14-20-16-11-9-15(10-12-16)17(21(18)19)13-6-4-2/h6,9-13H,3-5,7-8,14H2,1-2H3,(H,18,19). The maximum absolute atomic E-state index is 11.3. The molecule has 0 saturated heterocycles. The third-order valence-electron chi connectivity index (χ3n) is 3.00. The van der Waals surface area contributed by atoms with Crippen LogP contribution in [0.1, 0.15) is 46.0 Å². The zero-order chi connectivity index (χ0) is 15.5. The Morgan fingerprint density at radius 2 is 1.90 bits per heavy atom. The molecule has 1 aromatic carbocycles. The van der Waals surface area contributed by atoms with E-state index in [9.17, 15) is 8.76 Å². The number of benzene rings is 1. The zero-order valence-electron chi connectivity index (χ0n) is 12.8. The highest BCUT2D eigenvalue weighted by Gasteiger charge is 2.08. The van der Waals surface area contributed by atoms with Crippen LogP contribution in [0.4, 0.5) is 5.69 Å². The molecule has 0 saturated carbocycles. The highest BCUT2D eigenvalue weighted by molar-refractivity contribution is 7.80. The molecular weight excluding hydrogens is 286 g/mol. The van der Waals surface area contributed by atoms with Gasteiger partial charge < -0.3 is 4.74 Å². The SMILES string of the molecule is CCC=CN(c1ccc(OCCCCCC)cc1)S(=O)O. The lowest BCUT2D eigenvalue weighted by Gasteiger charge is -2.15. The molecule has 0 fully saturated rings. The minimum Gasteiger partial charge on any atom is -0.494 e. The van der Waals surface area contributed by atoms with Gasteiger partial charge in [-0.15, -0.1) is 0 Å². The van der Waals surface area contributed by atoms with Gasteiger partial charge in [0.05, 0.1) is 12.3 Å². The van der Waals surface area contributed by atoms with Gasteiger partial charge in [0.25, 0.3) is 11.3 Å². The number of hydrogen-bond acceptors (Lipinski definition) is 2. The van der Waals surface area contributed by atoms with Crippen molar-refractivity contribution in [3.8, 4) is 5.75 Å². The van der Waals surface area contributed by atoms with E-state index < -0.39 is 11.3 Å². The van der Waals surface area contributed by atoms with Crippen LogP contribution < -0.4 is 9.04 Å². The summed E-state index contributed by atoms with van der Waals surface area (Å²) >= 11 is -2.07. The number of hydrogen-bond donors (Lipinski definition) is 1. The number of unbranched alkanes of at least 4 members (excludes halogenated alkanes) is 3. The second kappa shape index (κ2) is 10.4. The molecule has 0 aliphatic rings. The molecule has 0 radical (unpaired) electrons. The van der Waals surface area contributed by atoms with Crippen LogP contribution >= 0.6 is 0 Å². The second-order valence-electron chi connectivity index (χ2n) is 4.75. The van der Waals surface area contributed by atoms with Crippen molar-refractivity contribution >= 4 is 17.0 Å². The lowest BCUT2D eigenvalue weighted by Crippen LogP contribution is -2.18. The largest absolute Gasteiger partial charge is 0.494 e. The van der Waals surface area contributed by atoms with Gasteiger partial charge in [0, 0.05) is 6.20 Å². The first-order chi connectivity index (χ1) is 10.2. The first-order valence-corrected chi connectivity index (χ1v) is 8.55. The molecule has 0 aromatic heterocycles. The fourth-order valence-electron chi connectivity index (χ4n) is 1.84. The van der Waals surface area contributed by atoms with E-state index in [-0.39, 0.29) is 0 Å². The van der Waals surface area contributed by atoms with E-state index in [0.29, 0.717) is 12.3 Å². The van der Waals surface area contributed by atoms with Crippen molar-refractivity contribution < 1.29 is 13.5 Å². The van der Waals surface area contributed by atoms with E-state index in [4.69, 9.17) is 4.74 Å². The van der Waals surface area contributed by atoms with Crippen LogP contribution in [0.15, 0.2) is 36.5 Å². The van der Waals surface area contributed by atoms with Gasteiger partial charge in [0.15, 0.2) is 0 Å². The molecule has 0 spiro atoms. The van der Waals surface area contributed by atoms with Crippen LogP contribution in [0, 0.1) is 0 Å². The first-order valence-electron chi connectivity index (χ1n) is 7.48. The van der Waals surface area contributed by atoms with Crippen molar-refractivity contribution in [2.24, 2.45) is 0 Å². The first kappa shape index (κ1) is 17.7. The lowest BCUT2D eigenvalue weighted by molar-refractivity contribution is 0.305. The highest BCUT2D eigenvalue weighted by atomic mass is 32.2. The number of ether oxygens (including phenoxy) is 1. The van der Waals surface area contributed by atoms with Crippen molar-refractivity contribution in [2.45, 2.75) is 46.0 Å². The van der Waals surface area contributed by atoms with E-state index in [1.165, 1.54) is 23.6 Å². The molecule has 0 bridgehead atoms. The van der Waals surface area contributed by atoms with Gasteiger partial charge in [-0.1, -0.05) is 39.2 Å². The topological polar surface area (TPSA) is 49.8 Å². The van der Waals surface area contributed by atoms with Gasteiger partial charge in [0.2, 0.25) is 0 Å². The molecule has 1 N–H and O–H groups in total. The minimum absolute atomic E-state index is 0.666. The fourth-order valence-corrected chi connectivity index (χ4v) is 2.33. The summed E-state index contributed by atoms with van der Waals surface area (Å²) in [7, 11) is 0. The van der Waals surface area contributed by atoms with Gasteiger partial charge >= 0.3 is 0 Å². The van der Waals surface area contributed by atoms with Crippen molar-refractivity contribution in [2.75, 3.05) is 10.9 Å². The number of nitrogens with zero attached hydrogens (tertiary/aromatic N) is 1. The van der Waals surface area contributed by atoms with E-state index in [1.54, 1.807) is 18.3 Å². The third kappa shape index (κ3) is 6.78. The lowest BCUT2D eigenvalue weighted by atomic mass is 10.2. The fraction of sp³-hybridized carbons (Fsp3) is 0.500. The molecule has 4 nitrogen and oxygen atoms in total. The smallest absolute Gasteiger partial charge is 0.266 e. The molecular formula is C16H25NO3S. The summed E-state index contributed by atoms with van der Waals surface area (Å²) in [6.45, 7) is 4.87. The van der Waals surface area contributed by atoms with Gasteiger partial charge in [-0.3, -0.25) is 4.55 Å². The Morgan fingerprint density at radius 1 is 1.19 bits per heavy atom. The van der Waals surface area contributed by atoms with Crippen molar-refractivity contribution in [3.05, 3.63) is 36.5 Å². The summed E-state index contributed by atoms with van der Waals surface area (Å²) < 4.78 is 27.6. The van der Waals surface area contributed by atoms with Crippen LogP contribution in [-0.2, 0) is 11.3 Å². The summed E-state index contributed by atoms with van der Waals surface area (Å²) in [4.78, 5) is 0. The van der Waals surface area contributed by atoms with E-state index in [2.05, 4.69) is 6.92 Å². The summed E-state index contributed by atoms with van der Waals surface area (Å²) in [5, 5.41) is 0. The number of allylic oxidation sites excluding steroid dienone is 1. The molecule has 1 unspecified atom stereocenters. The minimum atomic E-state index is -2.07. The Morgan fingerprint density at radius 3 is 2.48 bits per heavy atom. The summed E-state index contributed by atoms with van der Waals surface area (Å²) in [6.07, 6.45) is 8.97. The number of rotatable bonds is 10. The van der Waals surface area contributed by atoms with Crippen molar-refractivity contribution in [1.29, 1.82) is 0 Å². The van der Waals surface area contributed by atoms with E-state index in [0.717, 1.165) is 18.6 Å². The Hall–Kier alpha value is -1.33. The van der Waals surface area contributed by atoms with E-state index >= 15 is 0 Å². The average Bonchev–Trinajstić information content (AvgIpc) is 2.48. The highest BCUT2D eigenvalue weighted by Crippen LogP contribution is 2.21. The molecule has 1 rings (SSSR count). The van der Waals surface area contributed by atoms with Crippen molar-refractivity contribution in [3.63, 3.8) is 0 Å². The van der Waals surface area contributed by atoms with Crippen LogP contribution in [0.25, 0.3) is 0 Å². The second-order valence-corrected chi connectivity index (χ2v) is 5.61. The summed E-state index contributed by atoms with van der Waals surface area (Å²) in [5.41, 5.74) is 0.666. The molecule has 1 atom stereocenters. The predicted molar refractivity (Wildman–Crippen MR) is 88.8 cm³/mol. The maximum Gasteiger partial charge on any atom is 0.266 e. The van der Waals surface area contributed by atoms with Gasteiger partial charge in [-0.25, -0.2) is 8.51 Å². The van der Waals surface area contributed by atoms with Crippen LogP contribution in [0.3, 0.4) is 0 Å². The molecule has 0 amide bonds. The monoisotopic (exact) mass is 311 g/mol. The normalized spacial score (nSPS) is 12.5. The summed E-state index contributed by atoms with van der Waals surface area (Å²) in [5.74, 6) is 0.790. The van der Waals surface area contributed by atoms with E-state index in [1.807, 2.05) is 25.1 Å². The molecule has 0 aliphatic carbocycles. The van der Waals surface area contributed by atoms with Crippen molar-refractivity contribution in [1.82, 2.24) is 0 Å². The average molecular weight is 311 g/mol. The Bertz CT molecular complexity index is 445. The maximum atomic E-state index is 11.3. The molecule has 0 aliphatic heterocycles. The Kier molecular flexibility index (Phi) is 8.78. The van der Waals surface area contributed by atoms with Gasteiger partial charge in [-0.05, 0) is 37.1 Å². The zero-order valence-corrected chi connectivity index (χ0v) is 13.6. The molecule has 5 heteroatoms. The van der Waals surface area contributed by atoms with Crippen LogP contribution in [0.5, 0.6) is 5.75 Å². The van der Waals surface area contributed by atoms with Crippen LogP contribution in [0.2, 0.25) is 0 Å². The van der Waals surface area contributed by atoms with Crippen LogP contribution in [-0.4, -0.2) is 15.4 Å². The molecule has 1 aromatic rings. The predicted octanol–water partition coefficient (Wildman–Crippen LogP) is 4.51. The Balaban J connectivity index is 2.55. The molecule has 21 heavy (non-hydrogen) atoms. The molecule has 0 heterocycles. The molecule has 118 valence electrons. The Labute approximate surface area is 130 Å². The number of anilines is 1. The third-order valence-corrected chi connectivity index (χ3v) is 3.67.